The lowest BCUT2D eigenvalue weighted by atomic mass is 10.1. The zero-order valence-electron chi connectivity index (χ0n) is 11.3. The molecule has 102 valence electrons. The van der Waals surface area contributed by atoms with Gasteiger partial charge < -0.3 is 4.74 Å². The number of hydrazone groups is 1. The third kappa shape index (κ3) is 4.91. The molecular formula is C14H18N2O3. The van der Waals surface area contributed by atoms with Crippen LogP contribution in [0.2, 0.25) is 0 Å². The van der Waals surface area contributed by atoms with Crippen molar-refractivity contribution in [2.75, 3.05) is 7.11 Å². The second kappa shape index (κ2) is 7.31. The predicted molar refractivity (Wildman–Crippen MR) is 73.0 cm³/mol. The SMILES string of the molecule is COC(=O)c1ccccc1/C=N\NC(=O)CC(C)C. The number of methoxy groups -OCH3 is 1. The fourth-order valence-electron chi connectivity index (χ4n) is 1.50. The Labute approximate surface area is 112 Å². The lowest BCUT2D eigenvalue weighted by Gasteiger charge is -2.04. The molecule has 1 rings (SSSR count). The van der Waals surface area contributed by atoms with Crippen LogP contribution in [0.25, 0.3) is 0 Å². The summed E-state index contributed by atoms with van der Waals surface area (Å²) >= 11 is 0. The van der Waals surface area contributed by atoms with Gasteiger partial charge in [-0.05, 0) is 12.0 Å². The lowest BCUT2D eigenvalue weighted by Crippen LogP contribution is -2.19. The van der Waals surface area contributed by atoms with Crippen LogP contribution >= 0.6 is 0 Å². The molecule has 1 aromatic carbocycles. The van der Waals surface area contributed by atoms with E-state index >= 15 is 0 Å². The molecule has 0 saturated heterocycles. The van der Waals surface area contributed by atoms with E-state index in [1.54, 1.807) is 24.3 Å². The molecule has 1 amide bonds. The Hall–Kier alpha value is -2.17. The summed E-state index contributed by atoms with van der Waals surface area (Å²) in [5, 5.41) is 3.84. The summed E-state index contributed by atoms with van der Waals surface area (Å²) in [5.41, 5.74) is 3.43. The van der Waals surface area contributed by atoms with Crippen molar-refractivity contribution in [2.45, 2.75) is 20.3 Å². The van der Waals surface area contributed by atoms with E-state index in [0.717, 1.165) is 0 Å². The third-order valence-corrected chi connectivity index (χ3v) is 2.35. The van der Waals surface area contributed by atoms with Crippen LogP contribution in [0.3, 0.4) is 0 Å². The monoisotopic (exact) mass is 262 g/mol. The molecule has 0 atom stereocenters. The van der Waals surface area contributed by atoms with Crippen molar-refractivity contribution in [1.29, 1.82) is 0 Å². The van der Waals surface area contributed by atoms with Crippen LogP contribution in [0, 0.1) is 5.92 Å². The highest BCUT2D eigenvalue weighted by Crippen LogP contribution is 2.07. The van der Waals surface area contributed by atoms with Crippen molar-refractivity contribution in [2.24, 2.45) is 11.0 Å². The van der Waals surface area contributed by atoms with Crippen LogP contribution < -0.4 is 5.43 Å². The Balaban J connectivity index is 2.72. The van der Waals surface area contributed by atoms with E-state index in [4.69, 9.17) is 0 Å². The number of amides is 1. The number of ether oxygens (including phenoxy) is 1. The average Bonchev–Trinajstić information content (AvgIpc) is 2.37. The third-order valence-electron chi connectivity index (χ3n) is 2.35. The van der Waals surface area contributed by atoms with Gasteiger partial charge in [0.25, 0.3) is 0 Å². The molecule has 1 aromatic rings. The van der Waals surface area contributed by atoms with Crippen molar-refractivity contribution in [3.05, 3.63) is 35.4 Å². The van der Waals surface area contributed by atoms with Crippen molar-refractivity contribution >= 4 is 18.1 Å². The molecule has 5 nitrogen and oxygen atoms in total. The van der Waals surface area contributed by atoms with Gasteiger partial charge in [-0.2, -0.15) is 5.10 Å². The highest BCUT2D eigenvalue weighted by Gasteiger charge is 2.09. The number of rotatable bonds is 5. The quantitative estimate of drug-likeness (QED) is 0.501. The molecule has 0 heterocycles. The maximum Gasteiger partial charge on any atom is 0.338 e. The number of nitrogens with one attached hydrogen (secondary N) is 1. The van der Waals surface area contributed by atoms with Crippen molar-refractivity contribution < 1.29 is 14.3 Å². The van der Waals surface area contributed by atoms with E-state index in [9.17, 15) is 9.59 Å². The van der Waals surface area contributed by atoms with Crippen molar-refractivity contribution in [3.63, 3.8) is 0 Å². The van der Waals surface area contributed by atoms with E-state index in [2.05, 4.69) is 15.3 Å². The first-order valence-corrected chi connectivity index (χ1v) is 6.03. The minimum absolute atomic E-state index is 0.151. The zero-order chi connectivity index (χ0) is 14.3. The van der Waals surface area contributed by atoms with Gasteiger partial charge >= 0.3 is 5.97 Å². The summed E-state index contributed by atoms with van der Waals surface area (Å²) in [4.78, 5) is 22.9. The van der Waals surface area contributed by atoms with Crippen LogP contribution in [-0.4, -0.2) is 25.2 Å². The summed E-state index contributed by atoms with van der Waals surface area (Å²) in [6, 6.07) is 6.89. The fourth-order valence-corrected chi connectivity index (χ4v) is 1.50. The Bertz CT molecular complexity index is 481. The summed E-state index contributed by atoms with van der Waals surface area (Å²) < 4.78 is 4.67. The standard InChI is InChI=1S/C14H18N2O3/c1-10(2)8-13(17)16-15-9-11-6-4-5-7-12(11)14(18)19-3/h4-7,9-10H,8H2,1-3H3,(H,16,17)/b15-9-. The Kier molecular flexibility index (Phi) is 5.73. The molecule has 0 saturated carbocycles. The predicted octanol–water partition coefficient (Wildman–Crippen LogP) is 1.97. The van der Waals surface area contributed by atoms with Gasteiger partial charge in [0.1, 0.15) is 0 Å². The van der Waals surface area contributed by atoms with Gasteiger partial charge in [0.05, 0.1) is 18.9 Å². The van der Waals surface area contributed by atoms with E-state index in [1.165, 1.54) is 13.3 Å². The lowest BCUT2D eigenvalue weighted by molar-refractivity contribution is -0.121. The Morgan fingerprint density at radius 1 is 1.37 bits per heavy atom. The number of benzene rings is 1. The van der Waals surface area contributed by atoms with E-state index in [0.29, 0.717) is 17.5 Å². The molecule has 0 aliphatic rings. The molecular weight excluding hydrogens is 244 g/mol. The topological polar surface area (TPSA) is 67.8 Å². The van der Waals surface area contributed by atoms with Gasteiger partial charge in [0.2, 0.25) is 5.91 Å². The minimum atomic E-state index is -0.435. The molecule has 0 bridgehead atoms. The van der Waals surface area contributed by atoms with Crippen LogP contribution in [-0.2, 0) is 9.53 Å². The highest BCUT2D eigenvalue weighted by atomic mass is 16.5. The average molecular weight is 262 g/mol. The summed E-state index contributed by atoms with van der Waals surface area (Å²) in [5.74, 6) is -0.310. The van der Waals surface area contributed by atoms with E-state index in [-0.39, 0.29) is 11.8 Å². The molecule has 0 radical (unpaired) electrons. The van der Waals surface area contributed by atoms with Gasteiger partial charge in [0, 0.05) is 12.0 Å². The van der Waals surface area contributed by atoms with Gasteiger partial charge in [-0.15, -0.1) is 0 Å². The first-order chi connectivity index (χ1) is 9.04. The van der Waals surface area contributed by atoms with Crippen molar-refractivity contribution in [3.8, 4) is 0 Å². The maximum atomic E-state index is 11.5. The normalized spacial score (nSPS) is 10.7. The number of esters is 1. The largest absolute Gasteiger partial charge is 0.465 e. The van der Waals surface area contributed by atoms with Crippen LogP contribution in [0.1, 0.15) is 36.2 Å². The molecule has 0 fully saturated rings. The summed E-state index contributed by atoms with van der Waals surface area (Å²) in [6.07, 6.45) is 1.85. The van der Waals surface area contributed by atoms with Gasteiger partial charge in [0.15, 0.2) is 0 Å². The maximum absolute atomic E-state index is 11.5. The van der Waals surface area contributed by atoms with Crippen LogP contribution in [0.5, 0.6) is 0 Å². The second-order valence-corrected chi connectivity index (χ2v) is 4.47. The molecule has 0 aliphatic heterocycles. The first kappa shape index (κ1) is 14.9. The number of carbonyl (C=O) groups excluding carboxylic acids is 2. The van der Waals surface area contributed by atoms with Gasteiger partial charge in [-0.1, -0.05) is 32.0 Å². The van der Waals surface area contributed by atoms with Gasteiger partial charge in [-0.3, -0.25) is 4.79 Å². The minimum Gasteiger partial charge on any atom is -0.465 e. The second-order valence-electron chi connectivity index (χ2n) is 4.47. The highest BCUT2D eigenvalue weighted by molar-refractivity contribution is 5.99. The number of hydrogen-bond donors (Lipinski definition) is 1. The molecule has 0 aliphatic carbocycles. The fraction of sp³-hybridized carbons (Fsp3) is 0.357. The number of hydrogen-bond acceptors (Lipinski definition) is 4. The smallest absolute Gasteiger partial charge is 0.338 e. The Morgan fingerprint density at radius 2 is 2.05 bits per heavy atom. The molecule has 0 unspecified atom stereocenters. The van der Waals surface area contributed by atoms with Gasteiger partial charge in [-0.25, -0.2) is 10.2 Å². The molecule has 5 heteroatoms. The van der Waals surface area contributed by atoms with E-state index in [1.807, 2.05) is 13.8 Å². The first-order valence-electron chi connectivity index (χ1n) is 6.03. The number of carbonyl (C=O) groups is 2. The molecule has 19 heavy (non-hydrogen) atoms. The van der Waals surface area contributed by atoms with Crippen LogP contribution in [0.4, 0.5) is 0 Å². The number of nitrogens with zero attached hydrogens (tertiary/aromatic N) is 1. The summed E-state index contributed by atoms with van der Waals surface area (Å²) in [6.45, 7) is 3.91. The molecule has 1 N–H and O–H groups in total. The zero-order valence-corrected chi connectivity index (χ0v) is 11.3. The molecule has 0 aromatic heterocycles. The Morgan fingerprint density at radius 3 is 2.68 bits per heavy atom. The van der Waals surface area contributed by atoms with Crippen LogP contribution in [0.15, 0.2) is 29.4 Å². The molecule has 0 spiro atoms. The summed E-state index contributed by atoms with van der Waals surface area (Å²) in [7, 11) is 1.32. The van der Waals surface area contributed by atoms with Crippen molar-refractivity contribution in [1.82, 2.24) is 5.43 Å². The van der Waals surface area contributed by atoms with E-state index < -0.39 is 5.97 Å².